The van der Waals surface area contributed by atoms with E-state index >= 15 is 0 Å². The summed E-state index contributed by atoms with van der Waals surface area (Å²) < 4.78 is 10.7. The number of ketones is 1. The molecular weight excluding hydrogens is 544 g/mol. The van der Waals surface area contributed by atoms with Gasteiger partial charge < -0.3 is 9.15 Å². The summed E-state index contributed by atoms with van der Waals surface area (Å²) in [5.41, 5.74) is 1.30. The van der Waals surface area contributed by atoms with Crippen molar-refractivity contribution in [1.29, 1.82) is 0 Å². The van der Waals surface area contributed by atoms with Gasteiger partial charge in [-0.1, -0.05) is 23.4 Å². The van der Waals surface area contributed by atoms with Crippen LogP contribution in [-0.2, 0) is 14.3 Å². The maximum absolute atomic E-state index is 13.1. The first-order valence-electron chi connectivity index (χ1n) is 11.6. The van der Waals surface area contributed by atoms with Crippen molar-refractivity contribution in [3.8, 4) is 11.5 Å². The number of hydrogen-bond acceptors (Lipinski definition) is 10. The third kappa shape index (κ3) is 5.89. The van der Waals surface area contributed by atoms with E-state index in [2.05, 4.69) is 15.2 Å². The maximum Gasteiger partial charge on any atom is 0.338 e. The van der Waals surface area contributed by atoms with E-state index in [0.717, 1.165) is 22.4 Å². The lowest BCUT2D eigenvalue weighted by molar-refractivity contribution is -0.121. The van der Waals surface area contributed by atoms with Crippen LogP contribution >= 0.6 is 23.4 Å². The Morgan fingerprint density at radius 3 is 2.46 bits per heavy atom. The van der Waals surface area contributed by atoms with Gasteiger partial charge in [-0.05, 0) is 67.6 Å². The van der Waals surface area contributed by atoms with E-state index in [9.17, 15) is 19.2 Å². The van der Waals surface area contributed by atoms with Gasteiger partial charge in [0.05, 0.1) is 17.4 Å². The van der Waals surface area contributed by atoms with Gasteiger partial charge in [-0.25, -0.2) is 14.7 Å². The quantitative estimate of drug-likeness (QED) is 0.171. The number of hydrogen-bond donors (Lipinski definition) is 0. The second-order valence-electron chi connectivity index (χ2n) is 8.47. The number of benzene rings is 2. The molecule has 1 aliphatic rings. The van der Waals surface area contributed by atoms with Gasteiger partial charge in [0.1, 0.15) is 16.7 Å². The van der Waals surface area contributed by atoms with Crippen molar-refractivity contribution in [3.63, 3.8) is 0 Å². The van der Waals surface area contributed by atoms with Gasteiger partial charge in [0.15, 0.2) is 18.2 Å². The maximum atomic E-state index is 13.1. The highest BCUT2D eigenvalue weighted by atomic mass is 35.5. The minimum atomic E-state index is -0.739. The molecule has 2 aromatic carbocycles. The van der Waals surface area contributed by atoms with Crippen LogP contribution in [0.15, 0.2) is 76.4 Å². The Hall–Kier alpha value is -4.35. The van der Waals surface area contributed by atoms with E-state index in [-0.39, 0.29) is 22.9 Å². The van der Waals surface area contributed by atoms with Gasteiger partial charge >= 0.3 is 5.97 Å². The van der Waals surface area contributed by atoms with Crippen molar-refractivity contribution in [3.05, 3.63) is 88.8 Å². The molecule has 1 fully saturated rings. The van der Waals surface area contributed by atoms with Gasteiger partial charge in [-0.3, -0.25) is 14.4 Å². The van der Waals surface area contributed by atoms with E-state index in [1.54, 1.807) is 36.4 Å². The summed E-state index contributed by atoms with van der Waals surface area (Å²) >= 11 is 6.86. The molecule has 1 saturated heterocycles. The highest BCUT2D eigenvalue weighted by molar-refractivity contribution is 8.00. The van der Waals surface area contributed by atoms with Crippen LogP contribution in [-0.4, -0.2) is 50.6 Å². The number of carbonyl (C=O) groups excluding carboxylic acids is 4. The third-order valence-electron chi connectivity index (χ3n) is 5.75. The van der Waals surface area contributed by atoms with Crippen LogP contribution < -0.4 is 4.90 Å². The number of amides is 2. The minimum Gasteiger partial charge on any atom is -0.460 e. The number of thioether (sulfide) groups is 1. The van der Waals surface area contributed by atoms with Crippen molar-refractivity contribution in [2.75, 3.05) is 11.5 Å². The standard InChI is InChI=1S/C27H19ClN4O6S/c1-15-2-11-22(38-15)20-13-29-31-27(30-20)39-23-12-24(34)32(25(23)35)19-9-5-17(6-10-19)26(36)37-14-21(33)16-3-7-18(28)8-4-16/h2-11,13,23H,12,14H2,1H3. The summed E-state index contributed by atoms with van der Waals surface area (Å²) in [6.07, 6.45) is 1.41. The van der Waals surface area contributed by atoms with E-state index in [1.807, 2.05) is 6.92 Å². The summed E-state index contributed by atoms with van der Waals surface area (Å²) in [5, 5.41) is 7.89. The number of esters is 1. The number of carbonyl (C=O) groups is 4. The monoisotopic (exact) mass is 562 g/mol. The molecule has 2 aromatic heterocycles. The fraction of sp³-hybridized carbons (Fsp3) is 0.148. The lowest BCUT2D eigenvalue weighted by Crippen LogP contribution is -2.31. The molecule has 0 radical (unpaired) electrons. The lowest BCUT2D eigenvalue weighted by atomic mass is 10.1. The Kier molecular flexibility index (Phi) is 7.53. The Morgan fingerprint density at radius 1 is 1.05 bits per heavy atom. The predicted molar refractivity (Wildman–Crippen MR) is 142 cm³/mol. The summed E-state index contributed by atoms with van der Waals surface area (Å²) in [6.45, 7) is 1.37. The number of anilines is 1. The van der Waals surface area contributed by atoms with Crippen molar-refractivity contribution in [1.82, 2.24) is 15.2 Å². The van der Waals surface area contributed by atoms with Crippen LogP contribution in [0, 0.1) is 6.92 Å². The number of aromatic nitrogens is 3. The fourth-order valence-electron chi connectivity index (χ4n) is 3.80. The Balaban J connectivity index is 1.21. The molecule has 1 aliphatic heterocycles. The fourth-order valence-corrected chi connectivity index (χ4v) is 4.86. The molecule has 1 unspecified atom stereocenters. The van der Waals surface area contributed by atoms with E-state index < -0.39 is 29.6 Å². The molecule has 2 amide bonds. The number of nitrogens with zero attached hydrogens (tertiary/aromatic N) is 4. The lowest BCUT2D eigenvalue weighted by Gasteiger charge is -2.15. The highest BCUT2D eigenvalue weighted by Crippen LogP contribution is 2.33. The van der Waals surface area contributed by atoms with Crippen molar-refractivity contribution < 1.29 is 28.3 Å². The van der Waals surface area contributed by atoms with Crippen LogP contribution in [0.25, 0.3) is 11.5 Å². The number of ether oxygens (including phenoxy) is 1. The zero-order valence-electron chi connectivity index (χ0n) is 20.4. The van der Waals surface area contributed by atoms with Gasteiger partial charge in [-0.15, -0.1) is 5.10 Å². The SMILES string of the molecule is Cc1ccc(-c2cnnc(SC3CC(=O)N(c4ccc(C(=O)OCC(=O)c5ccc(Cl)cc5)cc4)C3=O)n2)o1. The molecular formula is C27H19ClN4O6S. The van der Waals surface area contributed by atoms with Crippen LogP contribution in [0.4, 0.5) is 5.69 Å². The predicted octanol–water partition coefficient (Wildman–Crippen LogP) is 4.56. The van der Waals surface area contributed by atoms with Crippen LogP contribution in [0.2, 0.25) is 5.02 Å². The molecule has 4 aromatic rings. The first kappa shape index (κ1) is 26.3. The van der Waals surface area contributed by atoms with Gasteiger partial charge in [0.2, 0.25) is 17.0 Å². The Bertz CT molecular complexity index is 1570. The van der Waals surface area contributed by atoms with E-state index in [0.29, 0.717) is 27.7 Å². The average molecular weight is 563 g/mol. The minimum absolute atomic E-state index is 0.0481. The number of furan rings is 1. The largest absolute Gasteiger partial charge is 0.460 e. The smallest absolute Gasteiger partial charge is 0.338 e. The zero-order valence-corrected chi connectivity index (χ0v) is 21.9. The second kappa shape index (κ2) is 11.2. The molecule has 0 spiro atoms. The highest BCUT2D eigenvalue weighted by Gasteiger charge is 2.41. The van der Waals surface area contributed by atoms with Crippen LogP contribution in [0.3, 0.4) is 0 Å². The summed E-state index contributed by atoms with van der Waals surface area (Å²) in [6, 6.07) is 15.6. The Morgan fingerprint density at radius 2 is 1.77 bits per heavy atom. The number of aryl methyl sites for hydroxylation is 1. The topological polar surface area (TPSA) is 133 Å². The normalized spacial score (nSPS) is 15.0. The molecule has 0 bridgehead atoms. The molecule has 5 rings (SSSR count). The molecule has 196 valence electrons. The van der Waals surface area contributed by atoms with Crippen LogP contribution in [0.5, 0.6) is 0 Å². The summed E-state index contributed by atoms with van der Waals surface area (Å²) in [7, 11) is 0. The van der Waals surface area contributed by atoms with Crippen molar-refractivity contribution >= 4 is 52.6 Å². The molecule has 3 heterocycles. The third-order valence-corrected chi connectivity index (χ3v) is 7.04. The molecule has 0 saturated carbocycles. The first-order chi connectivity index (χ1) is 18.8. The van der Waals surface area contributed by atoms with E-state index in [1.165, 1.54) is 30.5 Å². The molecule has 1 atom stereocenters. The van der Waals surface area contributed by atoms with Gasteiger partial charge in [0.25, 0.3) is 0 Å². The molecule has 0 aliphatic carbocycles. The van der Waals surface area contributed by atoms with Crippen molar-refractivity contribution in [2.24, 2.45) is 0 Å². The van der Waals surface area contributed by atoms with Gasteiger partial charge in [0, 0.05) is 17.0 Å². The molecule has 10 nitrogen and oxygen atoms in total. The van der Waals surface area contributed by atoms with Crippen molar-refractivity contribution in [2.45, 2.75) is 23.8 Å². The number of Topliss-reactive ketones (excluding diaryl/α,β-unsaturated/α-hetero) is 1. The number of rotatable bonds is 8. The number of imide groups is 1. The second-order valence-corrected chi connectivity index (χ2v) is 10.1. The first-order valence-corrected chi connectivity index (χ1v) is 12.9. The zero-order chi connectivity index (χ0) is 27.5. The molecule has 12 heteroatoms. The van der Waals surface area contributed by atoms with E-state index in [4.69, 9.17) is 20.8 Å². The van der Waals surface area contributed by atoms with Crippen LogP contribution in [0.1, 0.15) is 32.9 Å². The molecule has 39 heavy (non-hydrogen) atoms. The Labute approximate surface area is 231 Å². The summed E-state index contributed by atoms with van der Waals surface area (Å²) in [5.74, 6) is -0.683. The number of halogens is 1. The van der Waals surface area contributed by atoms with Gasteiger partial charge in [-0.2, -0.15) is 5.10 Å². The summed E-state index contributed by atoms with van der Waals surface area (Å²) in [4.78, 5) is 55.9. The molecule has 0 N–H and O–H groups in total. The average Bonchev–Trinajstić information content (AvgIpc) is 3.49.